The summed E-state index contributed by atoms with van der Waals surface area (Å²) in [5.74, 6) is 0.124. The number of rotatable bonds is 6. The summed E-state index contributed by atoms with van der Waals surface area (Å²) in [6.07, 6.45) is 1.54. The van der Waals surface area contributed by atoms with Crippen LogP contribution in [0.15, 0.2) is 48.2 Å². The molecule has 0 bridgehead atoms. The first-order valence-corrected chi connectivity index (χ1v) is 8.42. The fourth-order valence-electron chi connectivity index (χ4n) is 2.73. The summed E-state index contributed by atoms with van der Waals surface area (Å²) >= 11 is 0. The number of benzene rings is 2. The van der Waals surface area contributed by atoms with E-state index >= 15 is 0 Å². The van der Waals surface area contributed by atoms with E-state index in [2.05, 4.69) is 5.32 Å². The van der Waals surface area contributed by atoms with Gasteiger partial charge in [-0.1, -0.05) is 24.3 Å². The van der Waals surface area contributed by atoms with E-state index in [-0.39, 0.29) is 17.8 Å². The highest BCUT2D eigenvalue weighted by molar-refractivity contribution is 6.13. The number of urea groups is 1. The number of halogens is 1. The molecule has 0 aliphatic carbocycles. The SMILES string of the molecule is CCOc1ccc(/C=C2/NC(=O)N(Cc3ccccc3F)C2=O)cc1OC. The summed E-state index contributed by atoms with van der Waals surface area (Å²) in [5, 5.41) is 2.52. The predicted octanol–water partition coefficient (Wildman–Crippen LogP) is 3.33. The van der Waals surface area contributed by atoms with E-state index in [1.165, 1.54) is 19.2 Å². The Morgan fingerprint density at radius 1 is 1.15 bits per heavy atom. The second-order valence-electron chi connectivity index (χ2n) is 5.81. The van der Waals surface area contributed by atoms with Gasteiger partial charge in [0.1, 0.15) is 11.5 Å². The molecule has 140 valence electrons. The first-order chi connectivity index (χ1) is 13.0. The molecule has 1 aliphatic heterocycles. The lowest BCUT2D eigenvalue weighted by molar-refractivity contribution is -0.123. The topological polar surface area (TPSA) is 67.9 Å². The van der Waals surface area contributed by atoms with Crippen LogP contribution in [0.3, 0.4) is 0 Å². The first kappa shape index (κ1) is 18.4. The van der Waals surface area contributed by atoms with E-state index in [1.54, 1.807) is 36.4 Å². The van der Waals surface area contributed by atoms with Crippen LogP contribution in [0.5, 0.6) is 11.5 Å². The third kappa shape index (κ3) is 3.92. The summed E-state index contributed by atoms with van der Waals surface area (Å²) < 4.78 is 24.6. The van der Waals surface area contributed by atoms with Gasteiger partial charge in [-0.3, -0.25) is 9.69 Å². The molecule has 0 saturated carbocycles. The Balaban J connectivity index is 1.83. The number of ether oxygens (including phenoxy) is 2. The van der Waals surface area contributed by atoms with Gasteiger partial charge in [-0.05, 0) is 36.8 Å². The number of carbonyl (C=O) groups excluding carboxylic acids is 2. The number of carbonyl (C=O) groups is 2. The Morgan fingerprint density at radius 3 is 2.63 bits per heavy atom. The maximum absolute atomic E-state index is 13.8. The normalized spacial score (nSPS) is 15.2. The Hall–Kier alpha value is -3.35. The monoisotopic (exact) mass is 370 g/mol. The van der Waals surface area contributed by atoms with Crippen LogP contribution in [0.1, 0.15) is 18.1 Å². The van der Waals surface area contributed by atoms with E-state index in [1.807, 2.05) is 6.92 Å². The fourth-order valence-corrected chi connectivity index (χ4v) is 2.73. The molecule has 0 atom stereocenters. The van der Waals surface area contributed by atoms with Crippen LogP contribution < -0.4 is 14.8 Å². The lowest BCUT2D eigenvalue weighted by Gasteiger charge is -2.12. The van der Waals surface area contributed by atoms with Gasteiger partial charge < -0.3 is 14.8 Å². The number of imide groups is 1. The van der Waals surface area contributed by atoms with Crippen LogP contribution in [0.25, 0.3) is 6.08 Å². The van der Waals surface area contributed by atoms with E-state index in [0.29, 0.717) is 23.7 Å². The molecule has 0 radical (unpaired) electrons. The van der Waals surface area contributed by atoms with Crippen molar-refractivity contribution in [3.63, 3.8) is 0 Å². The molecule has 1 aliphatic rings. The zero-order valence-electron chi connectivity index (χ0n) is 15.0. The molecule has 0 aromatic heterocycles. The van der Waals surface area contributed by atoms with Gasteiger partial charge in [0.2, 0.25) is 0 Å². The zero-order valence-corrected chi connectivity index (χ0v) is 15.0. The highest BCUT2D eigenvalue weighted by Gasteiger charge is 2.34. The molecule has 27 heavy (non-hydrogen) atoms. The number of nitrogens with zero attached hydrogens (tertiary/aromatic N) is 1. The van der Waals surface area contributed by atoms with Gasteiger partial charge in [0.15, 0.2) is 11.5 Å². The largest absolute Gasteiger partial charge is 0.493 e. The lowest BCUT2D eigenvalue weighted by atomic mass is 10.1. The van der Waals surface area contributed by atoms with Crippen LogP contribution >= 0.6 is 0 Å². The van der Waals surface area contributed by atoms with Crippen molar-refractivity contribution in [2.45, 2.75) is 13.5 Å². The van der Waals surface area contributed by atoms with Gasteiger partial charge >= 0.3 is 6.03 Å². The number of hydrogen-bond acceptors (Lipinski definition) is 4. The van der Waals surface area contributed by atoms with Crippen molar-refractivity contribution in [3.8, 4) is 11.5 Å². The van der Waals surface area contributed by atoms with E-state index in [4.69, 9.17) is 9.47 Å². The van der Waals surface area contributed by atoms with Gasteiger partial charge in [0.25, 0.3) is 5.91 Å². The third-order valence-electron chi connectivity index (χ3n) is 4.05. The van der Waals surface area contributed by atoms with Crippen LogP contribution in [0.4, 0.5) is 9.18 Å². The predicted molar refractivity (Wildman–Crippen MR) is 97.6 cm³/mol. The maximum Gasteiger partial charge on any atom is 0.329 e. The minimum Gasteiger partial charge on any atom is -0.493 e. The van der Waals surface area contributed by atoms with Crippen molar-refractivity contribution < 1.29 is 23.5 Å². The average Bonchev–Trinajstić information content (AvgIpc) is 2.92. The number of hydrogen-bond donors (Lipinski definition) is 1. The van der Waals surface area contributed by atoms with Gasteiger partial charge in [-0.2, -0.15) is 0 Å². The fraction of sp³-hybridized carbons (Fsp3) is 0.200. The lowest BCUT2D eigenvalue weighted by Crippen LogP contribution is -2.30. The van der Waals surface area contributed by atoms with Crippen molar-refractivity contribution in [2.24, 2.45) is 0 Å². The molecule has 1 saturated heterocycles. The Bertz CT molecular complexity index is 911. The van der Waals surface area contributed by atoms with E-state index < -0.39 is 17.8 Å². The van der Waals surface area contributed by atoms with Crippen LogP contribution in [0, 0.1) is 5.82 Å². The van der Waals surface area contributed by atoms with Crippen molar-refractivity contribution in [3.05, 3.63) is 65.1 Å². The smallest absolute Gasteiger partial charge is 0.329 e. The molecular formula is C20H19FN2O4. The molecule has 0 unspecified atom stereocenters. The van der Waals surface area contributed by atoms with Crippen LogP contribution in [0.2, 0.25) is 0 Å². The minimum absolute atomic E-state index is 0.113. The molecule has 0 spiro atoms. The minimum atomic E-state index is -0.590. The molecular weight excluding hydrogens is 351 g/mol. The van der Waals surface area contributed by atoms with Crippen molar-refractivity contribution in [2.75, 3.05) is 13.7 Å². The number of methoxy groups -OCH3 is 1. The van der Waals surface area contributed by atoms with E-state index in [9.17, 15) is 14.0 Å². The standard InChI is InChI=1S/C20H19FN2O4/c1-3-27-17-9-8-13(11-18(17)26-2)10-16-19(24)23(20(25)22-16)12-14-6-4-5-7-15(14)21/h4-11H,3,12H2,1-2H3,(H,22,25)/b16-10+. The van der Waals surface area contributed by atoms with Crippen LogP contribution in [-0.4, -0.2) is 30.6 Å². The zero-order chi connectivity index (χ0) is 19.4. The summed E-state index contributed by atoms with van der Waals surface area (Å²) in [6.45, 7) is 2.23. The third-order valence-corrected chi connectivity index (χ3v) is 4.05. The van der Waals surface area contributed by atoms with Crippen LogP contribution in [-0.2, 0) is 11.3 Å². The summed E-state index contributed by atoms with van der Waals surface area (Å²) in [7, 11) is 1.52. The van der Waals surface area contributed by atoms with Gasteiger partial charge in [-0.15, -0.1) is 0 Å². The van der Waals surface area contributed by atoms with Crippen molar-refractivity contribution >= 4 is 18.0 Å². The summed E-state index contributed by atoms with van der Waals surface area (Å²) in [4.78, 5) is 25.7. The number of nitrogens with one attached hydrogen (secondary N) is 1. The Kier molecular flexibility index (Phi) is 5.40. The highest BCUT2D eigenvalue weighted by Crippen LogP contribution is 2.29. The quantitative estimate of drug-likeness (QED) is 0.626. The molecule has 7 heteroatoms. The van der Waals surface area contributed by atoms with E-state index in [0.717, 1.165) is 4.90 Å². The molecule has 6 nitrogen and oxygen atoms in total. The summed E-state index contributed by atoms with van der Waals surface area (Å²) in [6, 6.07) is 10.6. The second-order valence-corrected chi connectivity index (χ2v) is 5.81. The second kappa shape index (κ2) is 7.90. The molecule has 1 fully saturated rings. The average molecular weight is 370 g/mol. The molecule has 2 aromatic rings. The molecule has 1 heterocycles. The first-order valence-electron chi connectivity index (χ1n) is 8.42. The Labute approximate surface area is 156 Å². The molecule has 3 rings (SSSR count). The van der Waals surface area contributed by atoms with Crippen molar-refractivity contribution in [1.82, 2.24) is 10.2 Å². The molecule has 1 N–H and O–H groups in total. The van der Waals surface area contributed by atoms with Gasteiger partial charge in [-0.25, -0.2) is 9.18 Å². The highest BCUT2D eigenvalue weighted by atomic mass is 19.1. The number of amides is 3. The van der Waals surface area contributed by atoms with Gasteiger partial charge in [0.05, 0.1) is 20.3 Å². The van der Waals surface area contributed by atoms with Gasteiger partial charge in [0, 0.05) is 5.56 Å². The Morgan fingerprint density at radius 2 is 1.93 bits per heavy atom. The maximum atomic E-state index is 13.8. The van der Waals surface area contributed by atoms with Crippen molar-refractivity contribution in [1.29, 1.82) is 0 Å². The molecule has 3 amide bonds. The molecule has 2 aromatic carbocycles. The summed E-state index contributed by atoms with van der Waals surface area (Å²) in [5.41, 5.74) is 1.04.